The highest BCUT2D eigenvalue weighted by Crippen LogP contribution is 2.28. The molecule has 0 spiro atoms. The molecule has 0 heterocycles. The van der Waals surface area contributed by atoms with Crippen LogP contribution in [0.1, 0.15) is 11.1 Å². The van der Waals surface area contributed by atoms with Gasteiger partial charge in [-0.15, -0.1) is 0 Å². The number of benzene rings is 3. The van der Waals surface area contributed by atoms with Gasteiger partial charge in [0, 0.05) is 11.4 Å². The molecule has 3 aromatic rings. The lowest BCUT2D eigenvalue weighted by Crippen LogP contribution is -2.20. The molecule has 168 valence electrons. The number of ether oxygens (including phenoxy) is 2. The lowest BCUT2D eigenvalue weighted by molar-refractivity contribution is -0.118. The van der Waals surface area contributed by atoms with Gasteiger partial charge in [0.15, 0.2) is 6.61 Å². The predicted octanol–water partition coefficient (Wildman–Crippen LogP) is 4.78. The summed E-state index contributed by atoms with van der Waals surface area (Å²) in [5.74, 6) is 0.450. The highest BCUT2D eigenvalue weighted by atomic mass is 35.5. The Bertz CT molecular complexity index is 1230. The topological polar surface area (TPSA) is 93.7 Å². The number of nitrogens with one attached hydrogen (secondary N) is 2. The van der Waals surface area contributed by atoms with Crippen LogP contribution in [0.25, 0.3) is 0 Å². The molecule has 3 aromatic carbocycles. The lowest BCUT2D eigenvalue weighted by Gasteiger charge is -2.12. The van der Waals surface area contributed by atoms with E-state index in [1.165, 1.54) is 25.3 Å². The number of anilines is 2. The van der Waals surface area contributed by atoms with Gasteiger partial charge in [-0.2, -0.15) is 0 Å². The number of rotatable bonds is 8. The number of hydrogen-bond donors (Lipinski definition) is 2. The fourth-order valence-corrected chi connectivity index (χ4v) is 4.18. The molecule has 0 aromatic heterocycles. The highest BCUT2D eigenvalue weighted by molar-refractivity contribution is 7.92. The summed E-state index contributed by atoms with van der Waals surface area (Å²) < 4.78 is 38.3. The van der Waals surface area contributed by atoms with Crippen molar-refractivity contribution >= 4 is 38.9 Å². The second-order valence-corrected chi connectivity index (χ2v) is 9.15. The Balaban J connectivity index is 1.63. The summed E-state index contributed by atoms with van der Waals surface area (Å²) in [6, 6.07) is 16.1. The van der Waals surface area contributed by atoms with E-state index >= 15 is 0 Å². The Morgan fingerprint density at radius 3 is 2.25 bits per heavy atom. The Labute approximate surface area is 192 Å². The van der Waals surface area contributed by atoms with Crippen LogP contribution in [-0.4, -0.2) is 28.0 Å². The fourth-order valence-electron chi connectivity index (χ4n) is 2.80. The van der Waals surface area contributed by atoms with Gasteiger partial charge in [0.25, 0.3) is 15.9 Å². The van der Waals surface area contributed by atoms with Crippen LogP contribution >= 0.6 is 11.6 Å². The molecule has 7 nitrogen and oxygen atoms in total. The van der Waals surface area contributed by atoms with E-state index in [4.69, 9.17) is 21.1 Å². The van der Waals surface area contributed by atoms with Gasteiger partial charge in [0.1, 0.15) is 11.5 Å². The zero-order valence-corrected chi connectivity index (χ0v) is 19.4. The number of carbonyl (C=O) groups excluding carboxylic acids is 1. The molecule has 0 saturated carbocycles. The summed E-state index contributed by atoms with van der Waals surface area (Å²) in [5, 5.41) is 2.82. The molecule has 9 heteroatoms. The summed E-state index contributed by atoms with van der Waals surface area (Å²) in [6.45, 7) is 3.67. The average Bonchev–Trinajstić information content (AvgIpc) is 2.75. The van der Waals surface area contributed by atoms with Gasteiger partial charge in [0.2, 0.25) is 0 Å². The minimum atomic E-state index is -3.86. The van der Waals surface area contributed by atoms with Gasteiger partial charge in [-0.1, -0.05) is 17.7 Å². The maximum atomic E-state index is 12.6. The zero-order chi connectivity index (χ0) is 23.3. The first-order chi connectivity index (χ1) is 15.2. The lowest BCUT2D eigenvalue weighted by atomic mass is 10.1. The van der Waals surface area contributed by atoms with Crippen LogP contribution in [0.2, 0.25) is 5.02 Å². The van der Waals surface area contributed by atoms with Gasteiger partial charge in [-0.05, 0) is 79.6 Å². The van der Waals surface area contributed by atoms with E-state index in [1.54, 1.807) is 24.3 Å². The number of halogens is 1. The summed E-state index contributed by atoms with van der Waals surface area (Å²) in [5.41, 5.74) is 3.23. The number of sulfonamides is 1. The second kappa shape index (κ2) is 9.93. The van der Waals surface area contributed by atoms with Gasteiger partial charge < -0.3 is 14.8 Å². The quantitative estimate of drug-likeness (QED) is 0.490. The van der Waals surface area contributed by atoms with Crippen LogP contribution < -0.4 is 19.5 Å². The molecule has 3 rings (SSSR count). The summed E-state index contributed by atoms with van der Waals surface area (Å²) in [6.07, 6.45) is 0. The number of methoxy groups -OCH3 is 1. The molecule has 0 saturated heterocycles. The molecule has 0 bridgehead atoms. The summed E-state index contributed by atoms with van der Waals surface area (Å²) in [7, 11) is -2.34. The van der Waals surface area contributed by atoms with E-state index in [-0.39, 0.29) is 28.2 Å². The van der Waals surface area contributed by atoms with E-state index in [1.807, 2.05) is 32.0 Å². The van der Waals surface area contributed by atoms with E-state index in [2.05, 4.69) is 10.0 Å². The molecule has 0 atom stereocenters. The largest absolute Gasteiger partial charge is 0.497 e. The van der Waals surface area contributed by atoms with Crippen LogP contribution in [0.4, 0.5) is 11.4 Å². The van der Waals surface area contributed by atoms with Crippen molar-refractivity contribution < 1.29 is 22.7 Å². The number of hydrogen-bond acceptors (Lipinski definition) is 5. The molecule has 0 radical (unpaired) electrons. The van der Waals surface area contributed by atoms with Gasteiger partial charge in [0.05, 0.1) is 17.0 Å². The first-order valence-electron chi connectivity index (χ1n) is 9.64. The summed E-state index contributed by atoms with van der Waals surface area (Å²) >= 11 is 6.19. The Hall–Kier alpha value is -3.23. The van der Waals surface area contributed by atoms with E-state index < -0.39 is 10.0 Å². The van der Waals surface area contributed by atoms with Crippen molar-refractivity contribution in [2.75, 3.05) is 23.8 Å². The molecule has 1 amide bonds. The van der Waals surface area contributed by atoms with E-state index in [0.29, 0.717) is 17.1 Å². The molecule has 0 fully saturated rings. The third-order valence-electron chi connectivity index (χ3n) is 4.71. The number of carbonyl (C=O) groups is 1. The van der Waals surface area contributed by atoms with Crippen LogP contribution in [0, 0.1) is 13.8 Å². The minimum absolute atomic E-state index is 0.0368. The van der Waals surface area contributed by atoms with Gasteiger partial charge in [-0.3, -0.25) is 9.52 Å². The van der Waals surface area contributed by atoms with Crippen molar-refractivity contribution in [3.8, 4) is 11.5 Å². The normalized spacial score (nSPS) is 11.0. The van der Waals surface area contributed by atoms with Crippen molar-refractivity contribution in [3.63, 3.8) is 0 Å². The van der Waals surface area contributed by atoms with Crippen LogP contribution in [0.3, 0.4) is 0 Å². The van der Waals surface area contributed by atoms with Crippen molar-refractivity contribution in [3.05, 3.63) is 76.8 Å². The summed E-state index contributed by atoms with van der Waals surface area (Å²) in [4.78, 5) is 12.1. The first kappa shape index (κ1) is 23.4. The van der Waals surface area contributed by atoms with E-state index in [9.17, 15) is 13.2 Å². The zero-order valence-electron chi connectivity index (χ0n) is 17.8. The molecular weight excluding hydrogens is 452 g/mol. The molecular formula is C23H23ClN2O5S. The Morgan fingerprint density at radius 1 is 0.938 bits per heavy atom. The molecule has 0 aliphatic heterocycles. The van der Waals surface area contributed by atoms with Crippen LogP contribution in [0.5, 0.6) is 11.5 Å². The van der Waals surface area contributed by atoms with Crippen molar-refractivity contribution in [1.82, 2.24) is 0 Å². The Kier molecular flexibility index (Phi) is 7.27. The van der Waals surface area contributed by atoms with E-state index in [0.717, 1.165) is 11.1 Å². The first-order valence-corrected chi connectivity index (χ1v) is 11.5. The third-order valence-corrected chi connectivity index (χ3v) is 6.38. The highest BCUT2D eigenvalue weighted by Gasteiger charge is 2.17. The number of aryl methyl sites for hydroxylation is 2. The second-order valence-electron chi connectivity index (χ2n) is 7.06. The molecule has 32 heavy (non-hydrogen) atoms. The van der Waals surface area contributed by atoms with Crippen molar-refractivity contribution in [1.29, 1.82) is 0 Å². The standard InChI is InChI=1S/C23H23ClN2O5S/c1-15-4-5-18(12-16(15)2)25-23(27)14-31-22-11-10-20(13-21(22)24)32(28,29)26-17-6-8-19(30-3)9-7-17/h4-13,26H,14H2,1-3H3,(H,25,27). The maximum Gasteiger partial charge on any atom is 0.262 e. The SMILES string of the molecule is COc1ccc(NS(=O)(=O)c2ccc(OCC(=O)Nc3ccc(C)c(C)c3)c(Cl)c2)cc1. The molecule has 0 aliphatic carbocycles. The smallest absolute Gasteiger partial charge is 0.262 e. The molecule has 0 unspecified atom stereocenters. The Morgan fingerprint density at radius 2 is 1.62 bits per heavy atom. The average molecular weight is 475 g/mol. The van der Waals surface area contributed by atoms with Crippen LogP contribution in [0.15, 0.2) is 65.6 Å². The van der Waals surface area contributed by atoms with Crippen molar-refractivity contribution in [2.24, 2.45) is 0 Å². The fraction of sp³-hybridized carbons (Fsp3) is 0.174. The van der Waals surface area contributed by atoms with Crippen molar-refractivity contribution in [2.45, 2.75) is 18.7 Å². The van der Waals surface area contributed by atoms with Gasteiger partial charge >= 0.3 is 0 Å². The van der Waals surface area contributed by atoms with Gasteiger partial charge in [-0.25, -0.2) is 8.42 Å². The predicted molar refractivity (Wildman–Crippen MR) is 125 cm³/mol. The maximum absolute atomic E-state index is 12.6. The minimum Gasteiger partial charge on any atom is -0.497 e. The molecule has 2 N–H and O–H groups in total. The van der Waals surface area contributed by atoms with Crippen LogP contribution in [-0.2, 0) is 14.8 Å². The molecule has 0 aliphatic rings. The third kappa shape index (κ3) is 5.93. The number of amides is 1. The monoisotopic (exact) mass is 474 g/mol.